The lowest BCUT2D eigenvalue weighted by Crippen LogP contribution is -2.31. The van der Waals surface area contributed by atoms with E-state index >= 15 is 0 Å². The highest BCUT2D eigenvalue weighted by Crippen LogP contribution is 2.35. The first-order chi connectivity index (χ1) is 10.7. The second kappa shape index (κ2) is 6.60. The van der Waals surface area contributed by atoms with E-state index in [4.69, 9.17) is 5.11 Å². The van der Waals surface area contributed by atoms with Gasteiger partial charge in [-0.25, -0.2) is 0 Å². The molecule has 0 aliphatic heterocycles. The third-order valence-corrected chi connectivity index (χ3v) is 4.29. The van der Waals surface area contributed by atoms with Crippen molar-refractivity contribution in [2.45, 2.75) is 38.8 Å². The molecule has 0 aromatic heterocycles. The first kappa shape index (κ1) is 17.3. The van der Waals surface area contributed by atoms with Gasteiger partial charge in [-0.1, -0.05) is 12.5 Å². The number of carboxylic acids is 1. The Balaban J connectivity index is 2.13. The first-order valence-electron chi connectivity index (χ1n) is 7.40. The Bertz CT molecular complexity index is 613. The van der Waals surface area contributed by atoms with Crippen LogP contribution in [0.2, 0.25) is 0 Å². The Kier molecular flexibility index (Phi) is 4.97. The average molecular weight is 329 g/mol. The molecule has 0 radical (unpaired) electrons. The molecule has 2 atom stereocenters. The van der Waals surface area contributed by atoms with Crippen molar-refractivity contribution in [3.8, 4) is 0 Å². The van der Waals surface area contributed by atoms with Gasteiger partial charge in [0, 0.05) is 11.6 Å². The zero-order valence-electron chi connectivity index (χ0n) is 12.6. The minimum atomic E-state index is -4.48. The highest BCUT2D eigenvalue weighted by atomic mass is 19.4. The molecule has 2 unspecified atom stereocenters. The van der Waals surface area contributed by atoms with Gasteiger partial charge in [-0.15, -0.1) is 0 Å². The number of rotatable bonds is 3. The third kappa shape index (κ3) is 4.03. The van der Waals surface area contributed by atoms with Gasteiger partial charge in [0.2, 0.25) is 5.91 Å². The number of alkyl halides is 3. The number of hydrogen-bond acceptors (Lipinski definition) is 2. The van der Waals surface area contributed by atoms with Gasteiger partial charge in [-0.3, -0.25) is 9.59 Å². The molecule has 1 aromatic carbocycles. The number of nitrogens with one attached hydrogen (secondary N) is 1. The summed E-state index contributed by atoms with van der Waals surface area (Å²) in [7, 11) is 0. The molecule has 1 fully saturated rings. The van der Waals surface area contributed by atoms with E-state index in [9.17, 15) is 22.8 Å². The summed E-state index contributed by atoms with van der Waals surface area (Å²) in [5, 5.41) is 11.6. The number of amides is 1. The molecule has 4 nitrogen and oxygen atoms in total. The van der Waals surface area contributed by atoms with Gasteiger partial charge in [-0.05, 0) is 43.9 Å². The van der Waals surface area contributed by atoms with Crippen molar-refractivity contribution in [3.63, 3.8) is 0 Å². The lowest BCUT2D eigenvalue weighted by atomic mass is 9.81. The van der Waals surface area contributed by atoms with Gasteiger partial charge in [0.1, 0.15) is 0 Å². The van der Waals surface area contributed by atoms with E-state index in [1.807, 2.05) is 0 Å². The topological polar surface area (TPSA) is 66.4 Å². The average Bonchev–Trinajstić information content (AvgIpc) is 2.48. The molecule has 0 spiro atoms. The van der Waals surface area contributed by atoms with Gasteiger partial charge in [-0.2, -0.15) is 13.2 Å². The van der Waals surface area contributed by atoms with Crippen LogP contribution in [0, 0.1) is 18.8 Å². The monoisotopic (exact) mass is 329 g/mol. The van der Waals surface area contributed by atoms with Crippen molar-refractivity contribution in [1.82, 2.24) is 0 Å². The number of halogens is 3. The maximum Gasteiger partial charge on any atom is 0.416 e. The van der Waals surface area contributed by atoms with E-state index in [1.54, 1.807) is 0 Å². The lowest BCUT2D eigenvalue weighted by molar-refractivity contribution is -0.144. The quantitative estimate of drug-likeness (QED) is 0.885. The number of aliphatic carboxylic acids is 1. The molecule has 23 heavy (non-hydrogen) atoms. The van der Waals surface area contributed by atoms with Crippen LogP contribution in [0.15, 0.2) is 18.2 Å². The summed E-state index contributed by atoms with van der Waals surface area (Å²) in [6.07, 6.45) is -2.56. The summed E-state index contributed by atoms with van der Waals surface area (Å²) >= 11 is 0. The predicted molar refractivity (Wildman–Crippen MR) is 77.9 cm³/mol. The molecule has 1 aliphatic rings. The standard InChI is InChI=1S/C16H18F3NO3/c1-9-12(16(17,18)19)6-3-7-13(9)20-14(21)10-4-2-5-11(8-10)15(22)23/h3,6-7,10-11H,2,4-5,8H2,1H3,(H,20,21)(H,22,23). The Morgan fingerprint density at radius 1 is 1.22 bits per heavy atom. The van der Waals surface area contributed by atoms with E-state index in [1.165, 1.54) is 19.1 Å². The summed E-state index contributed by atoms with van der Waals surface area (Å²) in [5.74, 6) is -2.41. The fraction of sp³-hybridized carbons (Fsp3) is 0.500. The van der Waals surface area contributed by atoms with Gasteiger partial charge in [0.05, 0.1) is 11.5 Å². The zero-order valence-corrected chi connectivity index (χ0v) is 12.6. The van der Waals surface area contributed by atoms with Crippen molar-refractivity contribution in [2.75, 3.05) is 5.32 Å². The van der Waals surface area contributed by atoms with Crippen LogP contribution < -0.4 is 5.32 Å². The Labute approximate surface area is 131 Å². The highest BCUT2D eigenvalue weighted by molar-refractivity contribution is 5.93. The molecular formula is C16H18F3NO3. The van der Waals surface area contributed by atoms with Crippen molar-refractivity contribution in [3.05, 3.63) is 29.3 Å². The molecular weight excluding hydrogens is 311 g/mol. The van der Waals surface area contributed by atoms with Crippen LogP contribution in [0.1, 0.15) is 36.8 Å². The molecule has 0 heterocycles. The lowest BCUT2D eigenvalue weighted by Gasteiger charge is -2.26. The van der Waals surface area contributed by atoms with Crippen LogP contribution in [-0.4, -0.2) is 17.0 Å². The van der Waals surface area contributed by atoms with Crippen LogP contribution >= 0.6 is 0 Å². The van der Waals surface area contributed by atoms with E-state index in [0.29, 0.717) is 19.3 Å². The van der Waals surface area contributed by atoms with E-state index in [0.717, 1.165) is 6.07 Å². The number of anilines is 1. The second-order valence-corrected chi connectivity index (χ2v) is 5.86. The SMILES string of the molecule is Cc1c(NC(=O)C2CCCC(C(=O)O)C2)cccc1C(F)(F)F. The van der Waals surface area contributed by atoms with Crippen LogP contribution in [-0.2, 0) is 15.8 Å². The molecule has 7 heteroatoms. The zero-order chi connectivity index (χ0) is 17.2. The summed E-state index contributed by atoms with van der Waals surface area (Å²) < 4.78 is 38.6. The first-order valence-corrected chi connectivity index (χ1v) is 7.40. The number of carboxylic acid groups (broad SMARTS) is 1. The molecule has 1 aliphatic carbocycles. The molecule has 2 rings (SSSR count). The van der Waals surface area contributed by atoms with Crippen molar-refractivity contribution in [1.29, 1.82) is 0 Å². The maximum absolute atomic E-state index is 12.9. The fourth-order valence-electron chi connectivity index (χ4n) is 2.97. The van der Waals surface area contributed by atoms with E-state index < -0.39 is 35.5 Å². The second-order valence-electron chi connectivity index (χ2n) is 5.86. The van der Waals surface area contributed by atoms with Crippen molar-refractivity contribution >= 4 is 17.6 Å². The molecule has 2 N–H and O–H groups in total. The van der Waals surface area contributed by atoms with Gasteiger partial charge in [0.25, 0.3) is 0 Å². The molecule has 0 saturated heterocycles. The minimum Gasteiger partial charge on any atom is -0.481 e. The van der Waals surface area contributed by atoms with Gasteiger partial charge in [0.15, 0.2) is 0 Å². The van der Waals surface area contributed by atoms with Crippen LogP contribution in [0.4, 0.5) is 18.9 Å². The van der Waals surface area contributed by atoms with Gasteiger partial charge >= 0.3 is 12.1 Å². The molecule has 0 bridgehead atoms. The fourth-order valence-corrected chi connectivity index (χ4v) is 2.97. The van der Waals surface area contributed by atoms with Gasteiger partial charge < -0.3 is 10.4 Å². The van der Waals surface area contributed by atoms with Crippen molar-refractivity contribution < 1.29 is 27.9 Å². The summed E-state index contributed by atoms with van der Waals surface area (Å²) in [5.41, 5.74) is -0.719. The van der Waals surface area contributed by atoms with Crippen LogP contribution in [0.25, 0.3) is 0 Å². The molecule has 1 amide bonds. The normalized spacial score (nSPS) is 21.7. The van der Waals surface area contributed by atoms with E-state index in [-0.39, 0.29) is 17.7 Å². The van der Waals surface area contributed by atoms with E-state index in [2.05, 4.69) is 5.32 Å². The van der Waals surface area contributed by atoms with Crippen LogP contribution in [0.5, 0.6) is 0 Å². The smallest absolute Gasteiger partial charge is 0.416 e. The Morgan fingerprint density at radius 3 is 2.48 bits per heavy atom. The Morgan fingerprint density at radius 2 is 1.87 bits per heavy atom. The third-order valence-electron chi connectivity index (χ3n) is 4.29. The number of carbonyl (C=O) groups excluding carboxylic acids is 1. The van der Waals surface area contributed by atoms with Crippen LogP contribution in [0.3, 0.4) is 0 Å². The summed E-state index contributed by atoms with van der Waals surface area (Å²) in [6, 6.07) is 3.62. The largest absolute Gasteiger partial charge is 0.481 e. The molecule has 1 aromatic rings. The van der Waals surface area contributed by atoms with Crippen molar-refractivity contribution in [2.24, 2.45) is 11.8 Å². The summed E-state index contributed by atoms with van der Waals surface area (Å²) in [4.78, 5) is 23.3. The number of benzene rings is 1. The predicted octanol–water partition coefficient (Wildman–Crippen LogP) is 3.84. The highest BCUT2D eigenvalue weighted by Gasteiger charge is 2.34. The maximum atomic E-state index is 12.9. The summed E-state index contributed by atoms with van der Waals surface area (Å²) in [6.45, 7) is 1.30. The molecule has 1 saturated carbocycles. The number of carbonyl (C=O) groups is 2. The molecule has 126 valence electrons. The number of hydrogen-bond donors (Lipinski definition) is 2. The minimum absolute atomic E-state index is 0.0426. The Hall–Kier alpha value is -2.05.